The van der Waals surface area contributed by atoms with Gasteiger partial charge in [0.15, 0.2) is 0 Å². The maximum atomic E-state index is 13.2. The van der Waals surface area contributed by atoms with Gasteiger partial charge in [-0.15, -0.1) is 11.3 Å². The van der Waals surface area contributed by atoms with Crippen molar-refractivity contribution in [3.8, 4) is 0 Å². The van der Waals surface area contributed by atoms with Crippen LogP contribution in [0.3, 0.4) is 0 Å². The van der Waals surface area contributed by atoms with Crippen LogP contribution in [0.15, 0.2) is 41.3 Å². The highest BCUT2D eigenvalue weighted by Crippen LogP contribution is 2.39. The van der Waals surface area contributed by atoms with E-state index in [2.05, 4.69) is 10.0 Å². The zero-order valence-corrected chi connectivity index (χ0v) is 21.8. The molecule has 0 aliphatic heterocycles. The molecule has 184 valence electrons. The molecule has 1 heterocycles. The smallest absolute Gasteiger partial charge is 0.341 e. The number of benzene rings is 2. The quantitative estimate of drug-likeness (QED) is 0.431. The summed E-state index contributed by atoms with van der Waals surface area (Å²) in [4.78, 5) is 26.7. The summed E-state index contributed by atoms with van der Waals surface area (Å²) >= 11 is 1.38. The van der Waals surface area contributed by atoms with E-state index in [-0.39, 0.29) is 10.5 Å². The Bertz CT molecular complexity index is 1420. The number of carbonyl (C=O) groups excluding carboxylic acids is 2. The van der Waals surface area contributed by atoms with Crippen molar-refractivity contribution < 1.29 is 22.7 Å². The lowest BCUT2D eigenvalue weighted by Crippen LogP contribution is -2.18. The summed E-state index contributed by atoms with van der Waals surface area (Å²) in [5.41, 5.74) is 4.35. The molecule has 0 bridgehead atoms. The number of nitrogens with one attached hydrogen (secondary N) is 2. The first-order valence-electron chi connectivity index (χ1n) is 11.4. The second kappa shape index (κ2) is 9.83. The van der Waals surface area contributed by atoms with Crippen LogP contribution in [0.5, 0.6) is 0 Å². The van der Waals surface area contributed by atoms with Crippen molar-refractivity contribution in [1.82, 2.24) is 0 Å². The van der Waals surface area contributed by atoms with Crippen LogP contribution in [0.4, 0.5) is 10.7 Å². The van der Waals surface area contributed by atoms with Gasteiger partial charge in [-0.05, 0) is 81.3 Å². The van der Waals surface area contributed by atoms with Crippen LogP contribution in [0.2, 0.25) is 0 Å². The highest BCUT2D eigenvalue weighted by molar-refractivity contribution is 7.92. The van der Waals surface area contributed by atoms with Crippen LogP contribution in [0.25, 0.3) is 0 Å². The number of sulfonamides is 1. The summed E-state index contributed by atoms with van der Waals surface area (Å²) in [6.07, 6.45) is 3.64. The van der Waals surface area contributed by atoms with Crippen molar-refractivity contribution in [2.45, 2.75) is 51.3 Å². The fourth-order valence-corrected chi connectivity index (χ4v) is 6.98. The number of methoxy groups -OCH3 is 1. The first kappa shape index (κ1) is 24.9. The fourth-order valence-electron chi connectivity index (χ4n) is 4.31. The number of amides is 1. The third kappa shape index (κ3) is 5.11. The van der Waals surface area contributed by atoms with E-state index in [9.17, 15) is 18.0 Å². The molecule has 0 unspecified atom stereocenters. The second-order valence-electron chi connectivity index (χ2n) is 8.76. The van der Waals surface area contributed by atoms with Gasteiger partial charge in [0, 0.05) is 10.4 Å². The minimum absolute atomic E-state index is 0.0174. The molecule has 0 radical (unpaired) electrons. The summed E-state index contributed by atoms with van der Waals surface area (Å²) in [5, 5.41) is 3.26. The van der Waals surface area contributed by atoms with Gasteiger partial charge in [0.05, 0.1) is 23.3 Å². The Kier molecular flexibility index (Phi) is 7.00. The monoisotopic (exact) mass is 512 g/mol. The van der Waals surface area contributed by atoms with E-state index in [1.54, 1.807) is 25.1 Å². The third-order valence-corrected chi connectivity index (χ3v) is 8.87. The van der Waals surface area contributed by atoms with E-state index in [4.69, 9.17) is 4.74 Å². The van der Waals surface area contributed by atoms with Crippen molar-refractivity contribution in [2.75, 3.05) is 17.1 Å². The lowest BCUT2D eigenvalue weighted by atomic mass is 9.95. The van der Waals surface area contributed by atoms with Gasteiger partial charge < -0.3 is 10.1 Å². The van der Waals surface area contributed by atoms with E-state index in [0.29, 0.717) is 21.8 Å². The fraction of sp³-hybridized carbons (Fsp3) is 0.308. The summed E-state index contributed by atoms with van der Waals surface area (Å²) in [6, 6.07) is 10.00. The van der Waals surface area contributed by atoms with E-state index >= 15 is 0 Å². The Balaban J connectivity index is 1.64. The normalized spacial score (nSPS) is 13.1. The van der Waals surface area contributed by atoms with E-state index < -0.39 is 21.9 Å². The Morgan fingerprint density at radius 2 is 1.71 bits per heavy atom. The highest BCUT2D eigenvalue weighted by Gasteiger charge is 2.27. The van der Waals surface area contributed by atoms with Crippen LogP contribution in [0.1, 0.15) is 60.7 Å². The van der Waals surface area contributed by atoms with E-state index in [0.717, 1.165) is 47.3 Å². The Morgan fingerprint density at radius 3 is 2.43 bits per heavy atom. The first-order chi connectivity index (χ1) is 16.6. The lowest BCUT2D eigenvalue weighted by molar-refractivity contribution is 0.0601. The number of anilines is 2. The third-order valence-electron chi connectivity index (χ3n) is 6.15. The number of aryl methyl sites for hydroxylation is 4. The molecule has 1 amide bonds. The summed E-state index contributed by atoms with van der Waals surface area (Å²) in [6.45, 7) is 5.45. The van der Waals surface area contributed by atoms with Gasteiger partial charge in [-0.1, -0.05) is 23.8 Å². The molecule has 1 aromatic heterocycles. The molecule has 2 N–H and O–H groups in total. The van der Waals surface area contributed by atoms with Crippen LogP contribution < -0.4 is 10.0 Å². The first-order valence-corrected chi connectivity index (χ1v) is 13.7. The molecule has 0 atom stereocenters. The van der Waals surface area contributed by atoms with Crippen molar-refractivity contribution >= 4 is 43.9 Å². The number of rotatable bonds is 6. The largest absolute Gasteiger partial charge is 0.465 e. The van der Waals surface area contributed by atoms with Gasteiger partial charge in [-0.25, -0.2) is 13.2 Å². The van der Waals surface area contributed by atoms with Crippen LogP contribution in [-0.2, 0) is 27.6 Å². The zero-order valence-electron chi connectivity index (χ0n) is 20.2. The second-order valence-corrected chi connectivity index (χ2v) is 11.5. The minimum Gasteiger partial charge on any atom is -0.465 e. The number of hydrogen-bond acceptors (Lipinski definition) is 6. The molecule has 9 heteroatoms. The highest BCUT2D eigenvalue weighted by atomic mass is 32.2. The molecule has 0 saturated heterocycles. The predicted octanol–water partition coefficient (Wildman–Crippen LogP) is 5.39. The maximum absolute atomic E-state index is 13.2. The minimum atomic E-state index is -3.94. The average Bonchev–Trinajstić information content (AvgIpc) is 3.18. The molecule has 7 nitrogen and oxygen atoms in total. The Morgan fingerprint density at radius 1 is 0.971 bits per heavy atom. The summed E-state index contributed by atoms with van der Waals surface area (Å²) in [7, 11) is -2.62. The SMILES string of the molecule is COC(=O)c1c(NC(=O)c2ccc(C)c(S(=O)(=O)Nc3ccc(C)cc3C)c2)sc2c1CCCC2. The molecule has 1 aliphatic rings. The molecule has 0 fully saturated rings. The number of thiophene rings is 1. The Labute approximate surface area is 209 Å². The summed E-state index contributed by atoms with van der Waals surface area (Å²) in [5.74, 6) is -0.971. The topological polar surface area (TPSA) is 102 Å². The molecule has 1 aliphatic carbocycles. The molecule has 0 spiro atoms. The van der Waals surface area contributed by atoms with Gasteiger partial charge in [0.1, 0.15) is 5.00 Å². The van der Waals surface area contributed by atoms with Gasteiger partial charge in [-0.2, -0.15) is 0 Å². The molecular formula is C26H28N2O5S2. The van der Waals surface area contributed by atoms with Gasteiger partial charge >= 0.3 is 5.97 Å². The number of fused-ring (bicyclic) bond motifs is 1. The number of hydrogen-bond donors (Lipinski definition) is 2. The molecule has 0 saturated carbocycles. The van der Waals surface area contributed by atoms with Gasteiger partial charge in [-0.3, -0.25) is 9.52 Å². The number of carbonyl (C=O) groups is 2. The predicted molar refractivity (Wildman–Crippen MR) is 138 cm³/mol. The molecule has 35 heavy (non-hydrogen) atoms. The zero-order chi connectivity index (χ0) is 25.3. The van der Waals surface area contributed by atoms with E-state index in [1.165, 1.54) is 24.5 Å². The van der Waals surface area contributed by atoms with Crippen molar-refractivity contribution in [3.63, 3.8) is 0 Å². The van der Waals surface area contributed by atoms with Crippen LogP contribution >= 0.6 is 11.3 Å². The maximum Gasteiger partial charge on any atom is 0.341 e. The number of esters is 1. The standard InChI is InChI=1S/C26H28N2O5S2/c1-15-9-12-20(17(3)13-15)28-35(31,32)22-14-18(11-10-16(22)2)24(29)27-25-23(26(30)33-4)19-7-5-6-8-21(19)34-25/h9-14,28H,5-8H2,1-4H3,(H,27,29). The van der Waals surface area contributed by atoms with Crippen molar-refractivity contribution in [2.24, 2.45) is 0 Å². The van der Waals surface area contributed by atoms with Crippen LogP contribution in [0, 0.1) is 20.8 Å². The van der Waals surface area contributed by atoms with Gasteiger partial charge in [0.2, 0.25) is 0 Å². The average molecular weight is 513 g/mol. The molecule has 4 rings (SSSR count). The molecular weight excluding hydrogens is 484 g/mol. The molecule has 2 aromatic carbocycles. The van der Waals surface area contributed by atoms with Crippen molar-refractivity contribution in [3.05, 3.63) is 74.7 Å². The van der Waals surface area contributed by atoms with Gasteiger partial charge in [0.25, 0.3) is 15.9 Å². The van der Waals surface area contributed by atoms with Crippen molar-refractivity contribution in [1.29, 1.82) is 0 Å². The number of ether oxygens (including phenoxy) is 1. The lowest BCUT2D eigenvalue weighted by Gasteiger charge is -2.14. The summed E-state index contributed by atoms with van der Waals surface area (Å²) < 4.78 is 34.0. The Hall–Kier alpha value is -3.17. The molecule has 3 aromatic rings. The van der Waals surface area contributed by atoms with E-state index in [1.807, 2.05) is 26.0 Å². The van der Waals surface area contributed by atoms with Crippen LogP contribution in [-0.4, -0.2) is 27.4 Å².